The number of hydrogen-bond acceptors (Lipinski definition) is 1. The summed E-state index contributed by atoms with van der Waals surface area (Å²) >= 11 is -3.29. The second kappa shape index (κ2) is 6.88. The first-order valence-corrected chi connectivity index (χ1v) is 5.37. The molecule has 0 aliphatic heterocycles. The molecule has 4 heteroatoms. The molecule has 1 aromatic rings. The normalized spacial score (nSPS) is 8.58. The summed E-state index contributed by atoms with van der Waals surface area (Å²) in [5.41, 5.74) is 1.17. The molecule has 0 aliphatic rings. The summed E-state index contributed by atoms with van der Waals surface area (Å²) < 4.78 is 23.1. The first kappa shape index (κ1) is 11.2. The van der Waals surface area contributed by atoms with Gasteiger partial charge in [-0.05, 0) is 5.56 Å². The van der Waals surface area contributed by atoms with Gasteiger partial charge in [0.1, 0.15) is 0 Å². The number of rotatable bonds is 1. The van der Waals surface area contributed by atoms with Gasteiger partial charge in [0.05, 0.1) is 0 Å². The van der Waals surface area contributed by atoms with Gasteiger partial charge in [0.25, 0.3) is 0 Å². The molecule has 0 unspecified atom stereocenters. The topological polar surface area (TPSA) is 57.5 Å². The summed E-state index contributed by atoms with van der Waals surface area (Å²) in [4.78, 5) is 0. The second-order valence-corrected chi connectivity index (χ2v) is 2.81. The molecule has 0 bridgehead atoms. The maximum absolute atomic E-state index is 8.76. The van der Waals surface area contributed by atoms with Crippen molar-refractivity contribution in [2.75, 3.05) is 0 Å². The molecule has 0 saturated heterocycles. The third kappa shape index (κ3) is 7.31. The Labute approximate surface area is 75.7 Å². The summed E-state index contributed by atoms with van der Waals surface area (Å²) in [5, 5.41) is 0. The van der Waals surface area contributed by atoms with Crippen molar-refractivity contribution in [2.24, 2.45) is 0 Å². The Morgan fingerprint density at radius 2 is 1.67 bits per heavy atom. The average molecular weight is 233 g/mol. The Hall–Kier alpha value is -0.801. The van der Waals surface area contributed by atoms with E-state index in [9.17, 15) is 0 Å². The van der Waals surface area contributed by atoms with E-state index in [1.54, 1.807) is 0 Å². The van der Waals surface area contributed by atoms with Crippen LogP contribution < -0.4 is 0 Å². The third-order valence-electron chi connectivity index (χ3n) is 1.04. The predicted molar refractivity (Wildman–Crippen MR) is 47.4 cm³/mol. The fourth-order valence-corrected chi connectivity index (χ4v) is 0.589. The van der Waals surface area contributed by atoms with Crippen molar-refractivity contribution in [3.63, 3.8) is 0 Å². The molecule has 12 heavy (non-hydrogen) atoms. The molecule has 0 saturated carbocycles. The minimum atomic E-state index is -3.29. The average Bonchev–Trinajstić information content (AvgIpc) is 2.05. The summed E-state index contributed by atoms with van der Waals surface area (Å²) in [6.45, 7) is 3.63. The van der Waals surface area contributed by atoms with Crippen LogP contribution in [0.25, 0.3) is 6.08 Å². The van der Waals surface area contributed by atoms with E-state index < -0.39 is 14.5 Å². The van der Waals surface area contributed by atoms with Crippen molar-refractivity contribution in [2.45, 2.75) is 0 Å². The number of hydrogen-bond donors (Lipinski definition) is 2. The monoisotopic (exact) mass is 234 g/mol. The van der Waals surface area contributed by atoms with Gasteiger partial charge in [0.2, 0.25) is 0 Å². The zero-order valence-corrected chi connectivity index (χ0v) is 8.10. The summed E-state index contributed by atoms with van der Waals surface area (Å²) in [6.07, 6.45) is 1.83. The van der Waals surface area contributed by atoms with Crippen LogP contribution in [0.1, 0.15) is 5.56 Å². The quantitative estimate of drug-likeness (QED) is 0.702. The minimum absolute atomic E-state index is 1.17. The Morgan fingerprint density at radius 3 is 1.92 bits per heavy atom. The molecule has 0 radical (unpaired) electrons. The maximum atomic E-state index is 8.76. The fraction of sp³-hybridized carbons (Fsp3) is 0. The molecule has 0 spiro atoms. The SMILES string of the molecule is C=Cc1ccccc1.O=[Se](O)O. The molecule has 0 amide bonds. The van der Waals surface area contributed by atoms with Crippen molar-refractivity contribution in [1.29, 1.82) is 0 Å². The zero-order valence-electron chi connectivity index (χ0n) is 6.38. The summed E-state index contributed by atoms with van der Waals surface area (Å²) in [6, 6.07) is 10.0. The van der Waals surface area contributed by atoms with Crippen LogP contribution >= 0.6 is 0 Å². The van der Waals surface area contributed by atoms with Gasteiger partial charge in [-0.3, -0.25) is 0 Å². The Morgan fingerprint density at radius 1 is 1.25 bits per heavy atom. The Balaban J connectivity index is 0.000000261. The van der Waals surface area contributed by atoms with Crippen molar-refractivity contribution in [3.8, 4) is 0 Å². The molecule has 2 N–H and O–H groups in total. The van der Waals surface area contributed by atoms with Crippen molar-refractivity contribution in [3.05, 3.63) is 42.5 Å². The van der Waals surface area contributed by atoms with E-state index in [4.69, 9.17) is 12.2 Å². The van der Waals surface area contributed by atoms with Gasteiger partial charge in [-0.2, -0.15) is 0 Å². The second-order valence-electron chi connectivity index (χ2n) is 1.85. The van der Waals surface area contributed by atoms with E-state index >= 15 is 0 Å². The van der Waals surface area contributed by atoms with Crippen molar-refractivity contribution in [1.82, 2.24) is 0 Å². The molecule has 0 heterocycles. The molecule has 0 aromatic heterocycles. The summed E-state index contributed by atoms with van der Waals surface area (Å²) in [5.74, 6) is 0. The van der Waals surface area contributed by atoms with Gasteiger partial charge in [-0.15, -0.1) is 0 Å². The van der Waals surface area contributed by atoms with Crippen LogP contribution in [-0.2, 0) is 3.83 Å². The van der Waals surface area contributed by atoms with Gasteiger partial charge in [-0.1, -0.05) is 43.0 Å². The molecule has 66 valence electrons. The van der Waals surface area contributed by atoms with Gasteiger partial charge >= 0.3 is 26.7 Å². The van der Waals surface area contributed by atoms with Crippen LogP contribution in [0.15, 0.2) is 36.9 Å². The predicted octanol–water partition coefficient (Wildman–Crippen LogP) is 0.716. The molecule has 0 aliphatic carbocycles. The Kier molecular flexibility index (Phi) is 6.42. The van der Waals surface area contributed by atoms with E-state index in [1.165, 1.54) is 5.56 Å². The first-order valence-electron chi connectivity index (χ1n) is 3.14. The van der Waals surface area contributed by atoms with E-state index in [1.807, 2.05) is 36.4 Å². The van der Waals surface area contributed by atoms with E-state index in [0.29, 0.717) is 0 Å². The molecule has 3 nitrogen and oxygen atoms in total. The molecular formula is C8H10O3Se. The fourth-order valence-electron chi connectivity index (χ4n) is 0.589. The van der Waals surface area contributed by atoms with Crippen LogP contribution in [0.2, 0.25) is 0 Å². The molecule has 0 atom stereocenters. The van der Waals surface area contributed by atoms with Crippen molar-refractivity contribution < 1.29 is 12.2 Å². The molecular weight excluding hydrogens is 223 g/mol. The molecule has 1 aromatic carbocycles. The third-order valence-corrected chi connectivity index (χ3v) is 1.04. The van der Waals surface area contributed by atoms with Gasteiger partial charge in [-0.25, -0.2) is 0 Å². The van der Waals surface area contributed by atoms with Crippen LogP contribution in [-0.4, -0.2) is 22.9 Å². The van der Waals surface area contributed by atoms with E-state index in [2.05, 4.69) is 6.58 Å². The van der Waals surface area contributed by atoms with Gasteiger partial charge < -0.3 is 0 Å². The molecule has 1 rings (SSSR count). The van der Waals surface area contributed by atoms with E-state index in [0.717, 1.165) is 0 Å². The first-order chi connectivity index (χ1) is 5.66. The zero-order chi connectivity index (χ0) is 9.40. The van der Waals surface area contributed by atoms with Crippen LogP contribution in [0.5, 0.6) is 0 Å². The van der Waals surface area contributed by atoms with Crippen LogP contribution in [0.3, 0.4) is 0 Å². The molecule has 0 fully saturated rings. The van der Waals surface area contributed by atoms with Crippen LogP contribution in [0.4, 0.5) is 0 Å². The Bertz CT molecular complexity index is 242. The van der Waals surface area contributed by atoms with E-state index in [-0.39, 0.29) is 0 Å². The van der Waals surface area contributed by atoms with Crippen molar-refractivity contribution >= 4 is 20.6 Å². The summed E-state index contributed by atoms with van der Waals surface area (Å²) in [7, 11) is 0. The van der Waals surface area contributed by atoms with Gasteiger partial charge in [0.15, 0.2) is 0 Å². The standard InChI is InChI=1S/C8H8.H2O3Se/c1-2-8-6-4-3-5-7-8;1-4(2)3/h2-7H,1H2;(H2,1,2,3). The van der Waals surface area contributed by atoms with Gasteiger partial charge in [0, 0.05) is 0 Å². The number of benzene rings is 1. The van der Waals surface area contributed by atoms with Crippen LogP contribution in [0, 0.1) is 0 Å².